The molecule has 1 aliphatic rings. The summed E-state index contributed by atoms with van der Waals surface area (Å²) in [6, 6.07) is 0. The average molecular weight is 193 g/mol. The molecule has 1 fully saturated rings. The molecule has 0 spiro atoms. The van der Waals surface area contributed by atoms with Gasteiger partial charge in [-0.2, -0.15) is 5.10 Å². The Balaban J connectivity index is 1.82. The summed E-state index contributed by atoms with van der Waals surface area (Å²) in [6.07, 6.45) is 8.34. The second-order valence-corrected chi connectivity index (χ2v) is 4.15. The van der Waals surface area contributed by atoms with E-state index in [4.69, 9.17) is 0 Å². The van der Waals surface area contributed by atoms with Gasteiger partial charge in [-0.25, -0.2) is 0 Å². The average Bonchev–Trinajstić information content (AvgIpc) is 2.56. The van der Waals surface area contributed by atoms with E-state index >= 15 is 0 Å². The van der Waals surface area contributed by atoms with E-state index < -0.39 is 0 Å². The van der Waals surface area contributed by atoms with Crippen LogP contribution < -0.4 is 5.32 Å². The van der Waals surface area contributed by atoms with Crippen molar-refractivity contribution in [2.24, 2.45) is 5.92 Å². The van der Waals surface area contributed by atoms with Gasteiger partial charge in [0, 0.05) is 24.8 Å². The van der Waals surface area contributed by atoms with E-state index in [1.165, 1.54) is 24.8 Å². The quantitative estimate of drug-likeness (QED) is 0.772. The van der Waals surface area contributed by atoms with Crippen LogP contribution in [0.3, 0.4) is 0 Å². The van der Waals surface area contributed by atoms with Gasteiger partial charge in [0.05, 0.1) is 6.20 Å². The van der Waals surface area contributed by atoms with Crippen molar-refractivity contribution in [2.75, 3.05) is 6.54 Å². The van der Waals surface area contributed by atoms with Crippen molar-refractivity contribution in [3.63, 3.8) is 0 Å². The van der Waals surface area contributed by atoms with Gasteiger partial charge >= 0.3 is 0 Å². The predicted octanol–water partition coefficient (Wildman–Crippen LogP) is 1.79. The molecule has 14 heavy (non-hydrogen) atoms. The molecule has 3 heteroatoms. The topological polar surface area (TPSA) is 29.9 Å². The van der Waals surface area contributed by atoms with Crippen molar-refractivity contribution in [3.05, 3.63) is 18.0 Å². The minimum atomic E-state index is 0.891. The van der Waals surface area contributed by atoms with Crippen LogP contribution in [0.5, 0.6) is 0 Å². The Hall–Kier alpha value is -0.830. The third kappa shape index (κ3) is 2.35. The van der Waals surface area contributed by atoms with E-state index in [-0.39, 0.29) is 0 Å². The molecule has 0 aliphatic heterocycles. The first-order chi connectivity index (χ1) is 6.88. The lowest BCUT2D eigenvalue weighted by Gasteiger charge is -2.24. The Kier molecular flexibility index (Phi) is 3.19. The predicted molar refractivity (Wildman–Crippen MR) is 56.9 cm³/mol. The SMILES string of the molecule is CCNCc1cnn(CC2CCC2)c1. The second kappa shape index (κ2) is 4.60. The largest absolute Gasteiger partial charge is 0.313 e. The van der Waals surface area contributed by atoms with Gasteiger partial charge in [-0.05, 0) is 25.3 Å². The number of rotatable bonds is 5. The van der Waals surface area contributed by atoms with Crippen LogP contribution in [0.25, 0.3) is 0 Å². The Labute approximate surface area is 85.5 Å². The summed E-state index contributed by atoms with van der Waals surface area (Å²) in [5.74, 6) is 0.891. The van der Waals surface area contributed by atoms with Gasteiger partial charge in [-0.15, -0.1) is 0 Å². The fraction of sp³-hybridized carbons (Fsp3) is 0.727. The molecule has 1 aliphatic carbocycles. The molecule has 0 bridgehead atoms. The van der Waals surface area contributed by atoms with E-state index in [0.29, 0.717) is 0 Å². The molecule has 0 unspecified atom stereocenters. The summed E-state index contributed by atoms with van der Waals surface area (Å²) in [5.41, 5.74) is 1.30. The van der Waals surface area contributed by atoms with Gasteiger partial charge in [0.1, 0.15) is 0 Å². The van der Waals surface area contributed by atoms with Crippen LogP contribution in [0.1, 0.15) is 31.7 Å². The van der Waals surface area contributed by atoms with Crippen molar-refractivity contribution in [1.82, 2.24) is 15.1 Å². The first-order valence-corrected chi connectivity index (χ1v) is 5.60. The summed E-state index contributed by atoms with van der Waals surface area (Å²) in [6.45, 7) is 5.21. The molecule has 1 N–H and O–H groups in total. The Bertz CT molecular complexity index is 276. The van der Waals surface area contributed by atoms with E-state index in [1.54, 1.807) is 0 Å². The van der Waals surface area contributed by atoms with Crippen LogP contribution in [-0.2, 0) is 13.1 Å². The van der Waals surface area contributed by atoms with Crippen molar-refractivity contribution in [3.8, 4) is 0 Å². The number of nitrogens with one attached hydrogen (secondary N) is 1. The van der Waals surface area contributed by atoms with E-state index in [2.05, 4.69) is 28.2 Å². The first kappa shape index (κ1) is 9.71. The zero-order valence-electron chi connectivity index (χ0n) is 8.87. The molecule has 1 saturated carbocycles. The van der Waals surface area contributed by atoms with Crippen LogP contribution in [-0.4, -0.2) is 16.3 Å². The normalized spacial score (nSPS) is 16.9. The van der Waals surface area contributed by atoms with E-state index in [0.717, 1.165) is 25.6 Å². The molecular formula is C11H19N3. The fourth-order valence-corrected chi connectivity index (χ4v) is 1.81. The minimum absolute atomic E-state index is 0.891. The molecule has 2 rings (SSSR count). The number of nitrogens with zero attached hydrogens (tertiary/aromatic N) is 2. The third-order valence-corrected chi connectivity index (χ3v) is 2.94. The number of hydrogen-bond donors (Lipinski definition) is 1. The Morgan fingerprint density at radius 3 is 3.07 bits per heavy atom. The monoisotopic (exact) mass is 193 g/mol. The van der Waals surface area contributed by atoms with Crippen molar-refractivity contribution < 1.29 is 0 Å². The van der Waals surface area contributed by atoms with E-state index in [1.807, 2.05) is 6.20 Å². The molecule has 0 atom stereocenters. The molecule has 1 heterocycles. The van der Waals surface area contributed by atoms with Crippen LogP contribution in [0.4, 0.5) is 0 Å². The maximum atomic E-state index is 4.37. The van der Waals surface area contributed by atoms with Gasteiger partial charge in [0.15, 0.2) is 0 Å². The van der Waals surface area contributed by atoms with Gasteiger partial charge in [0.2, 0.25) is 0 Å². The van der Waals surface area contributed by atoms with Gasteiger partial charge in [0.25, 0.3) is 0 Å². The van der Waals surface area contributed by atoms with Crippen LogP contribution in [0.15, 0.2) is 12.4 Å². The summed E-state index contributed by atoms with van der Waals surface area (Å²) in [7, 11) is 0. The summed E-state index contributed by atoms with van der Waals surface area (Å²) in [5, 5.41) is 7.67. The van der Waals surface area contributed by atoms with Gasteiger partial charge in [-0.1, -0.05) is 13.3 Å². The van der Waals surface area contributed by atoms with Crippen molar-refractivity contribution >= 4 is 0 Å². The van der Waals surface area contributed by atoms with Gasteiger partial charge in [-0.3, -0.25) is 4.68 Å². The van der Waals surface area contributed by atoms with Crippen LogP contribution in [0.2, 0.25) is 0 Å². The molecule has 1 aromatic rings. The van der Waals surface area contributed by atoms with Crippen molar-refractivity contribution in [2.45, 2.75) is 39.3 Å². The summed E-state index contributed by atoms with van der Waals surface area (Å²) < 4.78 is 2.09. The third-order valence-electron chi connectivity index (χ3n) is 2.94. The number of aromatic nitrogens is 2. The lowest BCUT2D eigenvalue weighted by molar-refractivity contribution is 0.266. The fourth-order valence-electron chi connectivity index (χ4n) is 1.81. The van der Waals surface area contributed by atoms with Gasteiger partial charge < -0.3 is 5.32 Å². The van der Waals surface area contributed by atoms with Crippen molar-refractivity contribution in [1.29, 1.82) is 0 Å². The summed E-state index contributed by atoms with van der Waals surface area (Å²) >= 11 is 0. The highest BCUT2D eigenvalue weighted by atomic mass is 15.3. The maximum absolute atomic E-state index is 4.37. The second-order valence-electron chi connectivity index (χ2n) is 4.15. The Morgan fingerprint density at radius 2 is 2.43 bits per heavy atom. The first-order valence-electron chi connectivity index (χ1n) is 5.60. The molecule has 3 nitrogen and oxygen atoms in total. The smallest absolute Gasteiger partial charge is 0.0534 e. The highest BCUT2D eigenvalue weighted by Crippen LogP contribution is 2.27. The lowest BCUT2D eigenvalue weighted by atomic mass is 9.85. The maximum Gasteiger partial charge on any atom is 0.0534 e. The lowest BCUT2D eigenvalue weighted by Crippen LogP contribution is -2.18. The van der Waals surface area contributed by atoms with Crippen LogP contribution >= 0.6 is 0 Å². The Morgan fingerprint density at radius 1 is 1.57 bits per heavy atom. The molecule has 0 aromatic carbocycles. The molecule has 0 amide bonds. The van der Waals surface area contributed by atoms with Crippen LogP contribution in [0, 0.1) is 5.92 Å². The highest BCUT2D eigenvalue weighted by Gasteiger charge is 2.17. The zero-order valence-corrected chi connectivity index (χ0v) is 8.87. The zero-order chi connectivity index (χ0) is 9.80. The van der Waals surface area contributed by atoms with E-state index in [9.17, 15) is 0 Å². The molecular weight excluding hydrogens is 174 g/mol. The molecule has 1 aromatic heterocycles. The molecule has 0 radical (unpaired) electrons. The summed E-state index contributed by atoms with van der Waals surface area (Å²) in [4.78, 5) is 0. The highest BCUT2D eigenvalue weighted by molar-refractivity contribution is 5.03. The number of hydrogen-bond acceptors (Lipinski definition) is 2. The molecule has 78 valence electrons. The minimum Gasteiger partial charge on any atom is -0.313 e. The molecule has 0 saturated heterocycles. The standard InChI is InChI=1S/C11H19N3/c1-2-12-6-11-7-13-14(9-11)8-10-4-3-5-10/h7,9-10,12H,2-6,8H2,1H3.